The molecule has 3 atom stereocenters. The van der Waals surface area contributed by atoms with E-state index in [1.54, 1.807) is 7.11 Å². The molecule has 0 amide bonds. The Morgan fingerprint density at radius 3 is 2.64 bits per heavy atom. The highest BCUT2D eigenvalue weighted by atomic mass is 127. The maximum atomic E-state index is 5.51. The van der Waals surface area contributed by atoms with Crippen molar-refractivity contribution in [1.29, 1.82) is 0 Å². The molecule has 1 saturated heterocycles. The molecule has 0 radical (unpaired) electrons. The van der Waals surface area contributed by atoms with E-state index in [2.05, 4.69) is 41.3 Å². The molecule has 2 aliphatic rings. The molecule has 130 valence electrons. The quantitative estimate of drug-likeness (QED) is 0.402. The lowest BCUT2D eigenvalue weighted by Gasteiger charge is -2.51. The summed E-state index contributed by atoms with van der Waals surface area (Å²) in [4.78, 5) is 6.88. The summed E-state index contributed by atoms with van der Waals surface area (Å²) >= 11 is 0. The minimum absolute atomic E-state index is 0. The molecule has 5 nitrogen and oxygen atoms in total. The van der Waals surface area contributed by atoms with Crippen LogP contribution in [0.5, 0.6) is 0 Å². The molecule has 0 aromatic heterocycles. The summed E-state index contributed by atoms with van der Waals surface area (Å²) in [6, 6.07) is 0.435. The highest BCUT2D eigenvalue weighted by Gasteiger charge is 2.48. The monoisotopic (exact) mass is 424 g/mol. The highest BCUT2D eigenvalue weighted by molar-refractivity contribution is 14.0. The number of likely N-dealkylation sites (tertiary alicyclic amines) is 1. The molecule has 3 unspecified atom stereocenters. The van der Waals surface area contributed by atoms with Crippen LogP contribution in [0.15, 0.2) is 4.99 Å². The topological polar surface area (TPSA) is 48.9 Å². The number of rotatable bonds is 5. The zero-order valence-electron chi connectivity index (χ0n) is 14.7. The van der Waals surface area contributed by atoms with Crippen LogP contribution in [-0.4, -0.2) is 63.3 Å². The molecular weight excluding hydrogens is 391 g/mol. The van der Waals surface area contributed by atoms with Crippen molar-refractivity contribution in [3.05, 3.63) is 0 Å². The summed E-state index contributed by atoms with van der Waals surface area (Å²) < 4.78 is 5.51. The van der Waals surface area contributed by atoms with E-state index in [-0.39, 0.29) is 29.4 Å². The van der Waals surface area contributed by atoms with Gasteiger partial charge in [0.2, 0.25) is 0 Å². The number of ether oxygens (including phenoxy) is 1. The average Bonchev–Trinajstić information content (AvgIpc) is 2.94. The third kappa shape index (κ3) is 4.47. The van der Waals surface area contributed by atoms with Crippen molar-refractivity contribution in [3.63, 3.8) is 0 Å². The van der Waals surface area contributed by atoms with Crippen molar-refractivity contribution in [2.45, 2.75) is 45.8 Å². The zero-order valence-corrected chi connectivity index (χ0v) is 17.0. The van der Waals surface area contributed by atoms with E-state index < -0.39 is 0 Å². The van der Waals surface area contributed by atoms with Crippen LogP contribution in [0.3, 0.4) is 0 Å². The number of hydrogen-bond acceptors (Lipinski definition) is 3. The van der Waals surface area contributed by atoms with E-state index >= 15 is 0 Å². The van der Waals surface area contributed by atoms with Gasteiger partial charge in [0, 0.05) is 38.7 Å². The van der Waals surface area contributed by atoms with Gasteiger partial charge < -0.3 is 20.3 Å². The first-order chi connectivity index (χ1) is 10.0. The van der Waals surface area contributed by atoms with Gasteiger partial charge in [-0.1, -0.05) is 20.8 Å². The van der Waals surface area contributed by atoms with Gasteiger partial charge in [0.15, 0.2) is 5.96 Å². The molecular formula is C16H33IN4O. The van der Waals surface area contributed by atoms with Crippen LogP contribution < -0.4 is 10.6 Å². The number of hydrogen-bond donors (Lipinski definition) is 2. The zero-order chi connectivity index (χ0) is 15.5. The fourth-order valence-corrected chi connectivity index (χ4v) is 3.50. The fourth-order valence-electron chi connectivity index (χ4n) is 3.50. The lowest BCUT2D eigenvalue weighted by molar-refractivity contribution is -0.0922. The van der Waals surface area contributed by atoms with Gasteiger partial charge in [0.1, 0.15) is 0 Å². The van der Waals surface area contributed by atoms with E-state index in [0.29, 0.717) is 12.1 Å². The van der Waals surface area contributed by atoms with Crippen LogP contribution in [0, 0.1) is 11.3 Å². The van der Waals surface area contributed by atoms with E-state index in [4.69, 9.17) is 4.74 Å². The molecule has 1 aliphatic carbocycles. The van der Waals surface area contributed by atoms with Gasteiger partial charge in [-0.25, -0.2) is 0 Å². The van der Waals surface area contributed by atoms with E-state index in [9.17, 15) is 0 Å². The molecule has 2 fully saturated rings. The summed E-state index contributed by atoms with van der Waals surface area (Å²) in [7, 11) is 3.65. The Morgan fingerprint density at radius 2 is 2.14 bits per heavy atom. The van der Waals surface area contributed by atoms with Crippen LogP contribution in [0.25, 0.3) is 0 Å². The molecule has 0 aromatic carbocycles. The minimum atomic E-state index is 0. The number of aliphatic imine (C=N–C) groups is 1. The van der Waals surface area contributed by atoms with Gasteiger partial charge in [0.25, 0.3) is 0 Å². The van der Waals surface area contributed by atoms with E-state index in [1.807, 2.05) is 7.05 Å². The Morgan fingerprint density at radius 1 is 1.41 bits per heavy atom. The molecule has 0 bridgehead atoms. The number of methoxy groups -OCH3 is 1. The summed E-state index contributed by atoms with van der Waals surface area (Å²) in [5, 5.41) is 7.05. The fraction of sp³-hybridized carbons (Fsp3) is 0.938. The summed E-state index contributed by atoms with van der Waals surface area (Å²) in [5.41, 5.74) is 0.165. The first kappa shape index (κ1) is 20.0. The normalized spacial score (nSPS) is 31.3. The second-order valence-electron chi connectivity index (χ2n) is 6.98. The Bertz CT molecular complexity index is 375. The first-order valence-corrected chi connectivity index (χ1v) is 8.23. The Balaban J connectivity index is 0.00000242. The second-order valence-corrected chi connectivity index (χ2v) is 6.98. The molecule has 0 aromatic rings. The molecule has 6 heteroatoms. The second kappa shape index (κ2) is 8.68. The Hall–Kier alpha value is -0.0800. The van der Waals surface area contributed by atoms with Crippen molar-refractivity contribution in [2.24, 2.45) is 16.3 Å². The van der Waals surface area contributed by atoms with Crippen LogP contribution >= 0.6 is 24.0 Å². The van der Waals surface area contributed by atoms with E-state index in [1.165, 1.54) is 19.5 Å². The SMILES string of the molecule is CCN1CCC(CNC(=NC)NC2CC(OC)C2(C)C)C1.I. The molecule has 0 spiro atoms. The smallest absolute Gasteiger partial charge is 0.191 e. The van der Waals surface area contributed by atoms with Gasteiger partial charge in [-0.2, -0.15) is 0 Å². The molecule has 1 saturated carbocycles. The summed E-state index contributed by atoms with van der Waals surface area (Å²) in [5.74, 6) is 1.67. The van der Waals surface area contributed by atoms with Gasteiger partial charge >= 0.3 is 0 Å². The maximum absolute atomic E-state index is 5.51. The van der Waals surface area contributed by atoms with Crippen LogP contribution in [-0.2, 0) is 4.74 Å². The van der Waals surface area contributed by atoms with Crippen molar-refractivity contribution in [2.75, 3.05) is 40.3 Å². The van der Waals surface area contributed by atoms with Crippen molar-refractivity contribution in [3.8, 4) is 0 Å². The van der Waals surface area contributed by atoms with Gasteiger partial charge in [-0.3, -0.25) is 4.99 Å². The highest BCUT2D eigenvalue weighted by Crippen LogP contribution is 2.42. The summed E-state index contributed by atoms with van der Waals surface area (Å²) in [6.07, 6.45) is 2.69. The maximum Gasteiger partial charge on any atom is 0.191 e. The first-order valence-electron chi connectivity index (χ1n) is 8.23. The van der Waals surface area contributed by atoms with Gasteiger partial charge in [-0.05, 0) is 31.8 Å². The summed E-state index contributed by atoms with van der Waals surface area (Å²) in [6.45, 7) is 11.4. The van der Waals surface area contributed by atoms with Crippen LogP contribution in [0.2, 0.25) is 0 Å². The van der Waals surface area contributed by atoms with Gasteiger partial charge in [-0.15, -0.1) is 24.0 Å². The number of nitrogens with zero attached hydrogens (tertiary/aromatic N) is 2. The lowest BCUT2D eigenvalue weighted by Crippen LogP contribution is -2.63. The van der Waals surface area contributed by atoms with Crippen molar-refractivity contribution < 1.29 is 4.74 Å². The van der Waals surface area contributed by atoms with Crippen molar-refractivity contribution in [1.82, 2.24) is 15.5 Å². The Kier molecular flexibility index (Phi) is 7.88. The molecule has 2 rings (SSSR count). The third-order valence-electron chi connectivity index (χ3n) is 5.37. The lowest BCUT2D eigenvalue weighted by atomic mass is 9.64. The predicted molar refractivity (Wildman–Crippen MR) is 103 cm³/mol. The number of guanidine groups is 1. The van der Waals surface area contributed by atoms with Crippen molar-refractivity contribution >= 4 is 29.9 Å². The minimum Gasteiger partial charge on any atom is -0.381 e. The van der Waals surface area contributed by atoms with Gasteiger partial charge in [0.05, 0.1) is 6.10 Å². The third-order valence-corrected chi connectivity index (χ3v) is 5.37. The largest absolute Gasteiger partial charge is 0.381 e. The molecule has 1 heterocycles. The molecule has 1 aliphatic heterocycles. The molecule has 22 heavy (non-hydrogen) atoms. The Labute approximate surface area is 152 Å². The predicted octanol–water partition coefficient (Wildman–Crippen LogP) is 1.92. The van der Waals surface area contributed by atoms with Crippen LogP contribution in [0.4, 0.5) is 0 Å². The standard InChI is InChI=1S/C16H32N4O.HI/c1-6-20-8-7-12(11-20)10-18-15(17-4)19-13-9-14(21-5)16(13,2)3;/h12-14H,6-11H2,1-5H3,(H2,17,18,19);1H. The molecule has 2 N–H and O–H groups in total. The van der Waals surface area contributed by atoms with Crippen LogP contribution in [0.1, 0.15) is 33.6 Å². The van der Waals surface area contributed by atoms with E-state index in [0.717, 1.165) is 31.4 Å². The number of halogens is 1. The number of nitrogens with one attached hydrogen (secondary N) is 2. The average molecular weight is 424 g/mol.